The zero-order valence-corrected chi connectivity index (χ0v) is 19.9. The Balaban J connectivity index is 1.62. The number of anilines is 1. The van der Waals surface area contributed by atoms with Crippen molar-refractivity contribution in [3.63, 3.8) is 0 Å². The lowest BCUT2D eigenvalue weighted by Gasteiger charge is -2.21. The maximum Gasteiger partial charge on any atom is 0.339 e. The van der Waals surface area contributed by atoms with Crippen molar-refractivity contribution in [2.75, 3.05) is 18.1 Å². The summed E-state index contributed by atoms with van der Waals surface area (Å²) in [5, 5.41) is 13.9. The van der Waals surface area contributed by atoms with E-state index in [1.54, 1.807) is 16.9 Å². The number of benzene rings is 2. The molecule has 0 fully saturated rings. The largest absolute Gasteiger partial charge is 0.452 e. The molecule has 0 aliphatic heterocycles. The maximum absolute atomic E-state index is 13.3. The number of amides is 1. The molecular weight excluding hydrogens is 461 g/mol. The summed E-state index contributed by atoms with van der Waals surface area (Å²) in [6.07, 6.45) is 1.63. The Bertz CT molecular complexity index is 1430. The van der Waals surface area contributed by atoms with Crippen LogP contribution < -0.4 is 4.90 Å². The maximum atomic E-state index is 13.3. The third-order valence-corrected chi connectivity index (χ3v) is 5.56. The molecule has 2 aromatic heterocycles. The average Bonchev–Trinajstić information content (AvgIpc) is 3.33. The summed E-state index contributed by atoms with van der Waals surface area (Å²) >= 11 is 0. The van der Waals surface area contributed by atoms with E-state index in [1.165, 1.54) is 29.2 Å². The molecule has 0 saturated carbocycles. The smallest absolute Gasteiger partial charge is 0.339 e. The summed E-state index contributed by atoms with van der Waals surface area (Å²) in [5.74, 6) is -1.68. The summed E-state index contributed by atoms with van der Waals surface area (Å²) in [4.78, 5) is 32.1. The molecule has 0 spiro atoms. The van der Waals surface area contributed by atoms with Crippen molar-refractivity contribution in [1.82, 2.24) is 14.8 Å². The van der Waals surface area contributed by atoms with Crippen molar-refractivity contribution in [1.29, 1.82) is 5.26 Å². The van der Waals surface area contributed by atoms with E-state index in [9.17, 15) is 14.0 Å². The molecule has 4 rings (SSSR count). The van der Waals surface area contributed by atoms with Crippen LogP contribution in [0, 0.1) is 17.1 Å². The summed E-state index contributed by atoms with van der Waals surface area (Å²) in [7, 11) is 0. The number of hydrogen-bond donors (Lipinski definition) is 0. The molecule has 36 heavy (non-hydrogen) atoms. The fourth-order valence-electron chi connectivity index (χ4n) is 3.79. The van der Waals surface area contributed by atoms with Gasteiger partial charge in [0.15, 0.2) is 12.3 Å². The summed E-state index contributed by atoms with van der Waals surface area (Å²) in [6.45, 7) is 3.46. The van der Waals surface area contributed by atoms with E-state index in [4.69, 9.17) is 15.0 Å². The van der Waals surface area contributed by atoms with Gasteiger partial charge in [0.2, 0.25) is 0 Å². The molecule has 0 N–H and O–H groups in total. The van der Waals surface area contributed by atoms with Crippen molar-refractivity contribution in [3.05, 3.63) is 78.2 Å². The predicted octanol–water partition coefficient (Wildman–Crippen LogP) is 4.92. The number of rotatable bonds is 8. The van der Waals surface area contributed by atoms with Gasteiger partial charge in [-0.25, -0.2) is 18.9 Å². The van der Waals surface area contributed by atoms with Crippen LogP contribution in [0.2, 0.25) is 0 Å². The van der Waals surface area contributed by atoms with Crippen LogP contribution in [0.15, 0.2) is 66.9 Å². The van der Waals surface area contributed by atoms with Gasteiger partial charge in [0.1, 0.15) is 5.82 Å². The van der Waals surface area contributed by atoms with Gasteiger partial charge in [-0.15, -0.1) is 0 Å². The lowest BCUT2D eigenvalue weighted by molar-refractivity contribution is -0.121. The number of fused-ring (bicyclic) bond motifs is 1. The topological polar surface area (TPSA) is 101 Å². The molecule has 182 valence electrons. The lowest BCUT2D eigenvalue weighted by Crippen LogP contribution is -2.35. The van der Waals surface area contributed by atoms with Gasteiger partial charge in [-0.3, -0.25) is 4.79 Å². The second-order valence-corrected chi connectivity index (χ2v) is 8.35. The van der Waals surface area contributed by atoms with Crippen LogP contribution in [0.4, 0.5) is 10.1 Å². The zero-order valence-electron chi connectivity index (χ0n) is 19.9. The van der Waals surface area contributed by atoms with Crippen LogP contribution in [0.25, 0.3) is 22.3 Å². The molecule has 2 heterocycles. The molecule has 0 bridgehead atoms. The normalized spacial score (nSPS) is 10.9. The second kappa shape index (κ2) is 10.8. The fraction of sp³-hybridized carbons (Fsp3) is 0.222. The zero-order chi connectivity index (χ0) is 25.7. The molecule has 1 amide bonds. The number of carbonyl (C=O) groups excluding carboxylic acids is 2. The molecule has 9 heteroatoms. The number of esters is 1. The molecule has 0 atom stereocenters. The van der Waals surface area contributed by atoms with Gasteiger partial charge in [0.25, 0.3) is 5.91 Å². The Morgan fingerprint density at radius 2 is 1.86 bits per heavy atom. The van der Waals surface area contributed by atoms with Gasteiger partial charge >= 0.3 is 5.97 Å². The highest BCUT2D eigenvalue weighted by Crippen LogP contribution is 2.27. The predicted molar refractivity (Wildman–Crippen MR) is 133 cm³/mol. The number of pyridine rings is 1. The molecular formula is C27H24FN5O3. The van der Waals surface area contributed by atoms with Crippen molar-refractivity contribution >= 4 is 28.6 Å². The van der Waals surface area contributed by atoms with E-state index in [1.807, 2.05) is 50.2 Å². The van der Waals surface area contributed by atoms with Crippen LogP contribution in [0.3, 0.4) is 0 Å². The van der Waals surface area contributed by atoms with Crippen molar-refractivity contribution in [2.24, 2.45) is 0 Å². The van der Waals surface area contributed by atoms with Crippen LogP contribution >= 0.6 is 0 Å². The summed E-state index contributed by atoms with van der Waals surface area (Å²) < 4.78 is 20.5. The Morgan fingerprint density at radius 1 is 1.14 bits per heavy atom. The van der Waals surface area contributed by atoms with Crippen LogP contribution in [-0.4, -0.2) is 39.8 Å². The molecule has 0 saturated heterocycles. The van der Waals surface area contributed by atoms with Gasteiger partial charge in [0, 0.05) is 23.8 Å². The molecule has 0 radical (unpaired) electrons. The molecule has 0 aliphatic carbocycles. The Kier molecular flexibility index (Phi) is 7.35. The standard InChI is InChI=1S/C27H24FN5O3/c1-18(2)33-26-23(16-30-33)22(15-24(31-26)19-7-4-3-5-8-19)27(35)36-17-25(34)32(14-6-13-29)21-11-9-20(28)10-12-21/h3-5,7-12,15-16,18H,6,14,17H2,1-2H3. The average molecular weight is 486 g/mol. The van der Waals surface area contributed by atoms with Gasteiger partial charge in [-0.05, 0) is 44.2 Å². The molecule has 4 aromatic rings. The van der Waals surface area contributed by atoms with Crippen molar-refractivity contribution in [3.8, 4) is 17.3 Å². The minimum absolute atomic E-state index is 0.0101. The van der Waals surface area contributed by atoms with Gasteiger partial charge in [-0.2, -0.15) is 10.4 Å². The molecule has 2 aromatic carbocycles. The van der Waals surface area contributed by atoms with Crippen LogP contribution in [0.5, 0.6) is 0 Å². The minimum atomic E-state index is -0.699. The summed E-state index contributed by atoms with van der Waals surface area (Å²) in [5.41, 5.74) is 2.57. The van der Waals surface area contributed by atoms with Gasteiger partial charge in [-0.1, -0.05) is 30.3 Å². The quantitative estimate of drug-likeness (QED) is 0.328. The van der Waals surface area contributed by atoms with Gasteiger partial charge in [0.05, 0.1) is 35.3 Å². The minimum Gasteiger partial charge on any atom is -0.452 e. The van der Waals surface area contributed by atoms with Crippen molar-refractivity contribution in [2.45, 2.75) is 26.3 Å². The Hall–Kier alpha value is -4.58. The van der Waals surface area contributed by atoms with E-state index in [0.29, 0.717) is 22.4 Å². The molecule has 0 aliphatic rings. The lowest BCUT2D eigenvalue weighted by atomic mass is 10.1. The second-order valence-electron chi connectivity index (χ2n) is 8.35. The number of nitrogens with zero attached hydrogens (tertiary/aromatic N) is 5. The number of ether oxygens (including phenoxy) is 1. The highest BCUT2D eigenvalue weighted by atomic mass is 19.1. The SMILES string of the molecule is CC(C)n1ncc2c(C(=O)OCC(=O)N(CCC#N)c3ccc(F)cc3)cc(-c3ccccc3)nc21. The number of aromatic nitrogens is 3. The monoisotopic (exact) mass is 485 g/mol. The first-order valence-electron chi connectivity index (χ1n) is 11.4. The highest BCUT2D eigenvalue weighted by molar-refractivity contribution is 6.05. The molecule has 0 unspecified atom stereocenters. The molecule has 8 nitrogen and oxygen atoms in total. The van der Waals surface area contributed by atoms with E-state index in [-0.39, 0.29) is 24.6 Å². The van der Waals surface area contributed by atoms with Gasteiger partial charge < -0.3 is 9.64 Å². The first kappa shape index (κ1) is 24.5. The third kappa shape index (κ3) is 5.23. The number of carbonyl (C=O) groups is 2. The number of nitriles is 1. The Morgan fingerprint density at radius 3 is 2.53 bits per heavy atom. The van der Waals surface area contributed by atoms with Crippen LogP contribution in [0.1, 0.15) is 36.7 Å². The fourth-order valence-corrected chi connectivity index (χ4v) is 3.79. The highest BCUT2D eigenvalue weighted by Gasteiger charge is 2.22. The van der Waals surface area contributed by atoms with E-state index < -0.39 is 24.3 Å². The third-order valence-electron chi connectivity index (χ3n) is 5.56. The van der Waals surface area contributed by atoms with Crippen LogP contribution in [-0.2, 0) is 9.53 Å². The summed E-state index contributed by atoms with van der Waals surface area (Å²) in [6, 6.07) is 18.4. The van der Waals surface area contributed by atoms with E-state index >= 15 is 0 Å². The van der Waals surface area contributed by atoms with Crippen molar-refractivity contribution < 1.29 is 18.7 Å². The number of halogens is 1. The first-order chi connectivity index (χ1) is 17.4. The Labute approximate surface area is 207 Å². The van der Waals surface area contributed by atoms with E-state index in [0.717, 1.165) is 5.56 Å². The number of hydrogen-bond acceptors (Lipinski definition) is 6. The first-order valence-corrected chi connectivity index (χ1v) is 11.4. The van der Waals surface area contributed by atoms with E-state index in [2.05, 4.69) is 5.10 Å².